The predicted molar refractivity (Wildman–Crippen MR) is 41.8 cm³/mol. The number of hydrogen-bond donors (Lipinski definition) is 0. The van der Waals surface area contributed by atoms with E-state index >= 15 is 0 Å². The van der Waals surface area contributed by atoms with Gasteiger partial charge >= 0.3 is 0 Å². The maximum Gasteiger partial charge on any atom is 0.162 e. The number of benzene rings is 1. The molecule has 0 amide bonds. The van der Waals surface area contributed by atoms with E-state index in [1.165, 1.54) is 6.07 Å². The molecule has 0 aliphatic carbocycles. The van der Waals surface area contributed by atoms with Crippen molar-refractivity contribution in [2.24, 2.45) is 0 Å². The Balaban J connectivity index is 2.89. The van der Waals surface area contributed by atoms with Gasteiger partial charge in [-0.3, -0.25) is 0 Å². The van der Waals surface area contributed by atoms with Gasteiger partial charge in [0.1, 0.15) is 5.75 Å². The van der Waals surface area contributed by atoms with E-state index in [0.29, 0.717) is 5.76 Å². The minimum Gasteiger partial charge on any atom is -0.463 e. The first-order chi connectivity index (χ1) is 5.59. The van der Waals surface area contributed by atoms with Crippen molar-refractivity contribution >= 4 is 0 Å². The summed E-state index contributed by atoms with van der Waals surface area (Å²) >= 11 is 0. The van der Waals surface area contributed by atoms with Crippen molar-refractivity contribution in [3.63, 3.8) is 0 Å². The highest BCUT2D eigenvalue weighted by Crippen LogP contribution is 2.16. The Bertz CT molecular complexity index is 307. The van der Waals surface area contributed by atoms with Gasteiger partial charge in [-0.05, 0) is 19.1 Å². The summed E-state index contributed by atoms with van der Waals surface area (Å²) in [5.74, 6) is -1.12. The van der Waals surface area contributed by atoms with Crippen LogP contribution in [0.5, 0.6) is 5.75 Å². The fourth-order valence-corrected chi connectivity index (χ4v) is 0.742. The lowest BCUT2D eigenvalue weighted by Crippen LogP contribution is -1.90. The Morgan fingerprint density at radius 3 is 2.50 bits per heavy atom. The Morgan fingerprint density at radius 2 is 2.00 bits per heavy atom. The van der Waals surface area contributed by atoms with Gasteiger partial charge in [0.05, 0.1) is 5.76 Å². The van der Waals surface area contributed by atoms with Gasteiger partial charge < -0.3 is 4.74 Å². The van der Waals surface area contributed by atoms with Gasteiger partial charge in [-0.15, -0.1) is 0 Å². The fourth-order valence-electron chi connectivity index (χ4n) is 0.742. The third kappa shape index (κ3) is 2.05. The minimum absolute atomic E-state index is 0.251. The molecule has 0 saturated carbocycles. The van der Waals surface area contributed by atoms with Crippen LogP contribution in [-0.4, -0.2) is 0 Å². The van der Waals surface area contributed by atoms with Crippen molar-refractivity contribution in [3.05, 3.63) is 42.2 Å². The lowest BCUT2D eigenvalue weighted by molar-refractivity contribution is 0.420. The second-order valence-electron chi connectivity index (χ2n) is 2.38. The van der Waals surface area contributed by atoms with Crippen molar-refractivity contribution < 1.29 is 13.5 Å². The largest absolute Gasteiger partial charge is 0.463 e. The van der Waals surface area contributed by atoms with Crippen LogP contribution in [0.15, 0.2) is 30.5 Å². The highest BCUT2D eigenvalue weighted by atomic mass is 19.2. The summed E-state index contributed by atoms with van der Waals surface area (Å²) in [6, 6.07) is 3.32. The van der Waals surface area contributed by atoms with Crippen LogP contribution in [0.3, 0.4) is 0 Å². The third-order valence-corrected chi connectivity index (χ3v) is 1.18. The average Bonchev–Trinajstić information content (AvgIpc) is 1.96. The van der Waals surface area contributed by atoms with Gasteiger partial charge in [-0.1, -0.05) is 6.58 Å². The average molecular weight is 170 g/mol. The molecule has 0 fully saturated rings. The quantitative estimate of drug-likeness (QED) is 0.620. The number of hydrogen-bond acceptors (Lipinski definition) is 1. The van der Waals surface area contributed by atoms with Crippen LogP contribution in [0.4, 0.5) is 8.78 Å². The summed E-state index contributed by atoms with van der Waals surface area (Å²) in [6.45, 7) is 5.09. The Kier molecular flexibility index (Phi) is 2.43. The van der Waals surface area contributed by atoms with Crippen LogP contribution in [0.2, 0.25) is 0 Å². The molecular weight excluding hydrogens is 162 g/mol. The van der Waals surface area contributed by atoms with E-state index in [1.54, 1.807) is 6.92 Å². The highest BCUT2D eigenvalue weighted by Gasteiger charge is 2.02. The second-order valence-corrected chi connectivity index (χ2v) is 2.38. The molecule has 0 unspecified atom stereocenters. The molecule has 0 aliphatic rings. The first kappa shape index (κ1) is 8.71. The predicted octanol–water partition coefficient (Wildman–Crippen LogP) is 2.88. The van der Waals surface area contributed by atoms with E-state index in [2.05, 4.69) is 6.58 Å². The standard InChI is InChI=1S/C9H8F2O/c1-6(2)12-7-3-4-8(10)9(11)5-7/h3-5H,1H2,2H3. The zero-order valence-electron chi connectivity index (χ0n) is 6.60. The third-order valence-electron chi connectivity index (χ3n) is 1.18. The summed E-state index contributed by atoms with van der Waals surface area (Å²) in [7, 11) is 0. The van der Waals surface area contributed by atoms with Gasteiger partial charge in [-0.2, -0.15) is 0 Å². The van der Waals surface area contributed by atoms with Crippen molar-refractivity contribution in [3.8, 4) is 5.75 Å². The molecule has 1 rings (SSSR count). The summed E-state index contributed by atoms with van der Waals surface area (Å²) in [4.78, 5) is 0. The van der Waals surface area contributed by atoms with Crippen LogP contribution >= 0.6 is 0 Å². The topological polar surface area (TPSA) is 9.23 Å². The zero-order valence-corrected chi connectivity index (χ0v) is 6.60. The molecule has 0 bridgehead atoms. The summed E-state index contributed by atoms with van der Waals surface area (Å²) in [5.41, 5.74) is 0. The lowest BCUT2D eigenvalue weighted by atomic mass is 10.3. The highest BCUT2D eigenvalue weighted by molar-refractivity contribution is 5.24. The first-order valence-corrected chi connectivity index (χ1v) is 3.38. The molecule has 12 heavy (non-hydrogen) atoms. The van der Waals surface area contributed by atoms with Crippen LogP contribution < -0.4 is 4.74 Å². The number of ether oxygens (including phenoxy) is 1. The molecule has 1 nitrogen and oxygen atoms in total. The van der Waals surface area contributed by atoms with Gasteiger partial charge in [0.25, 0.3) is 0 Å². The summed E-state index contributed by atoms with van der Waals surface area (Å²) in [6.07, 6.45) is 0. The van der Waals surface area contributed by atoms with E-state index in [0.717, 1.165) is 12.1 Å². The monoisotopic (exact) mass is 170 g/mol. The molecule has 0 aromatic heterocycles. The summed E-state index contributed by atoms with van der Waals surface area (Å²) in [5, 5.41) is 0. The van der Waals surface area contributed by atoms with E-state index in [1.807, 2.05) is 0 Å². The van der Waals surface area contributed by atoms with Crippen molar-refractivity contribution in [1.82, 2.24) is 0 Å². The van der Waals surface area contributed by atoms with E-state index in [9.17, 15) is 8.78 Å². The van der Waals surface area contributed by atoms with Gasteiger partial charge in [-0.25, -0.2) is 8.78 Å². The lowest BCUT2D eigenvalue weighted by Gasteiger charge is -2.03. The molecule has 1 aromatic carbocycles. The fraction of sp³-hybridized carbons (Fsp3) is 0.111. The smallest absolute Gasteiger partial charge is 0.162 e. The number of halogens is 2. The Hall–Kier alpha value is -1.38. The van der Waals surface area contributed by atoms with Gasteiger partial charge in [0.2, 0.25) is 0 Å². The normalized spacial score (nSPS) is 9.58. The molecule has 0 saturated heterocycles. The van der Waals surface area contributed by atoms with Gasteiger partial charge in [0.15, 0.2) is 11.6 Å². The van der Waals surface area contributed by atoms with Crippen molar-refractivity contribution in [2.75, 3.05) is 0 Å². The first-order valence-electron chi connectivity index (χ1n) is 3.38. The molecule has 3 heteroatoms. The molecule has 0 heterocycles. The molecular formula is C9H8F2O. The molecule has 0 radical (unpaired) electrons. The maximum atomic E-state index is 12.5. The molecule has 1 aromatic rings. The number of allylic oxidation sites excluding steroid dienone is 1. The van der Waals surface area contributed by atoms with E-state index < -0.39 is 11.6 Å². The SMILES string of the molecule is C=C(C)Oc1ccc(F)c(F)c1. The Morgan fingerprint density at radius 1 is 1.33 bits per heavy atom. The molecule has 64 valence electrons. The van der Waals surface area contributed by atoms with Crippen LogP contribution in [0.25, 0.3) is 0 Å². The van der Waals surface area contributed by atoms with Crippen LogP contribution in [-0.2, 0) is 0 Å². The van der Waals surface area contributed by atoms with Gasteiger partial charge in [0, 0.05) is 6.07 Å². The summed E-state index contributed by atoms with van der Waals surface area (Å²) < 4.78 is 29.9. The molecule has 0 N–H and O–H groups in total. The molecule has 0 aliphatic heterocycles. The van der Waals surface area contributed by atoms with E-state index in [-0.39, 0.29) is 5.75 Å². The van der Waals surface area contributed by atoms with Crippen molar-refractivity contribution in [2.45, 2.75) is 6.92 Å². The minimum atomic E-state index is -0.922. The zero-order chi connectivity index (χ0) is 9.14. The van der Waals surface area contributed by atoms with Crippen molar-refractivity contribution in [1.29, 1.82) is 0 Å². The molecule has 0 atom stereocenters. The van der Waals surface area contributed by atoms with Crippen LogP contribution in [0, 0.1) is 11.6 Å². The number of rotatable bonds is 2. The van der Waals surface area contributed by atoms with E-state index in [4.69, 9.17) is 4.74 Å². The Labute approximate surface area is 69.3 Å². The van der Waals surface area contributed by atoms with Crippen LogP contribution in [0.1, 0.15) is 6.92 Å². The maximum absolute atomic E-state index is 12.5. The molecule has 0 spiro atoms. The second kappa shape index (κ2) is 3.34.